The summed E-state index contributed by atoms with van der Waals surface area (Å²) in [6, 6.07) is -0.867. The quantitative estimate of drug-likeness (QED) is 0.749. The lowest BCUT2D eigenvalue weighted by molar-refractivity contribution is -0.139. The fourth-order valence-corrected chi connectivity index (χ4v) is 3.18. The molecule has 0 saturated carbocycles. The van der Waals surface area contributed by atoms with Gasteiger partial charge in [-0.3, -0.25) is 9.59 Å². The number of thioether (sulfide) groups is 1. The Morgan fingerprint density at radius 3 is 2.68 bits per heavy atom. The van der Waals surface area contributed by atoms with E-state index in [1.165, 1.54) is 0 Å². The molecule has 0 radical (unpaired) electrons. The van der Waals surface area contributed by atoms with Gasteiger partial charge in [-0.05, 0) is 25.5 Å². The average Bonchev–Trinajstić information content (AvgIpc) is 2.86. The second-order valence-electron chi connectivity index (χ2n) is 4.85. The molecule has 1 aliphatic heterocycles. The molecule has 19 heavy (non-hydrogen) atoms. The molecule has 3 N–H and O–H groups in total. The number of nitrogens with zero attached hydrogens (tertiary/aromatic N) is 1. The molecule has 110 valence electrons. The van der Waals surface area contributed by atoms with Gasteiger partial charge in [0.25, 0.3) is 0 Å². The predicted molar refractivity (Wildman–Crippen MR) is 79.0 cm³/mol. The van der Waals surface area contributed by atoms with Crippen LogP contribution in [0.25, 0.3) is 0 Å². The number of hydrogen-bond donors (Lipinski definition) is 2. The van der Waals surface area contributed by atoms with Crippen molar-refractivity contribution in [3.8, 4) is 0 Å². The van der Waals surface area contributed by atoms with E-state index in [1.54, 1.807) is 16.7 Å². The standard InChI is InChI=1S/C13H25N3O2S/c1-4-7-15-12(17)11-10(19-3)6-8-16(11)13(18)9(14)5-2/h9-11H,4-8,14H2,1-3H3,(H,15,17)/t9-,10?,11-/m0/s1. The lowest BCUT2D eigenvalue weighted by Gasteiger charge is -2.28. The summed E-state index contributed by atoms with van der Waals surface area (Å²) in [5, 5.41) is 3.06. The lowest BCUT2D eigenvalue weighted by atomic mass is 10.1. The Morgan fingerprint density at radius 2 is 2.16 bits per heavy atom. The van der Waals surface area contributed by atoms with Crippen LogP contribution in [0.3, 0.4) is 0 Å². The van der Waals surface area contributed by atoms with Crippen LogP contribution in [0.15, 0.2) is 0 Å². The SMILES string of the molecule is CCCNC(=O)[C@@H]1C(SC)CCN1C(=O)[C@@H](N)CC. The molecule has 5 nitrogen and oxygen atoms in total. The Morgan fingerprint density at radius 1 is 1.47 bits per heavy atom. The van der Waals surface area contributed by atoms with E-state index in [4.69, 9.17) is 5.73 Å². The number of amides is 2. The number of nitrogens with two attached hydrogens (primary N) is 1. The number of carbonyl (C=O) groups excluding carboxylic acids is 2. The number of nitrogens with one attached hydrogen (secondary N) is 1. The Labute approximate surface area is 119 Å². The highest BCUT2D eigenvalue weighted by Crippen LogP contribution is 2.28. The van der Waals surface area contributed by atoms with Crippen LogP contribution >= 0.6 is 11.8 Å². The van der Waals surface area contributed by atoms with Gasteiger partial charge in [-0.25, -0.2) is 0 Å². The highest BCUT2D eigenvalue weighted by atomic mass is 32.2. The van der Waals surface area contributed by atoms with Crippen LogP contribution in [0.1, 0.15) is 33.1 Å². The van der Waals surface area contributed by atoms with E-state index in [-0.39, 0.29) is 23.1 Å². The van der Waals surface area contributed by atoms with Crippen LogP contribution in [0, 0.1) is 0 Å². The molecule has 1 rings (SSSR count). The first-order chi connectivity index (χ1) is 9.06. The maximum Gasteiger partial charge on any atom is 0.243 e. The van der Waals surface area contributed by atoms with Crippen molar-refractivity contribution in [2.24, 2.45) is 5.73 Å². The summed E-state index contributed by atoms with van der Waals surface area (Å²) in [6.07, 6.45) is 4.33. The summed E-state index contributed by atoms with van der Waals surface area (Å²) in [6.45, 7) is 5.17. The van der Waals surface area contributed by atoms with Crippen molar-refractivity contribution in [3.63, 3.8) is 0 Å². The zero-order valence-corrected chi connectivity index (χ0v) is 12.8. The lowest BCUT2D eigenvalue weighted by Crippen LogP contribution is -2.53. The smallest absolute Gasteiger partial charge is 0.243 e. The third-order valence-corrected chi connectivity index (χ3v) is 4.60. The second kappa shape index (κ2) is 7.75. The minimum Gasteiger partial charge on any atom is -0.354 e. The largest absolute Gasteiger partial charge is 0.354 e. The summed E-state index contributed by atoms with van der Waals surface area (Å²) in [5.74, 6) is -0.147. The van der Waals surface area contributed by atoms with Crippen molar-refractivity contribution in [2.75, 3.05) is 19.3 Å². The van der Waals surface area contributed by atoms with E-state index in [0.717, 1.165) is 12.8 Å². The van der Waals surface area contributed by atoms with Gasteiger partial charge in [0.05, 0.1) is 6.04 Å². The summed E-state index contributed by atoms with van der Waals surface area (Å²) in [5.41, 5.74) is 5.82. The van der Waals surface area contributed by atoms with Crippen molar-refractivity contribution in [2.45, 2.75) is 50.4 Å². The summed E-state index contributed by atoms with van der Waals surface area (Å²) in [4.78, 5) is 26.1. The van der Waals surface area contributed by atoms with Crippen molar-refractivity contribution in [3.05, 3.63) is 0 Å². The van der Waals surface area contributed by atoms with Gasteiger partial charge in [-0.15, -0.1) is 0 Å². The monoisotopic (exact) mass is 287 g/mol. The van der Waals surface area contributed by atoms with Crippen LogP contribution < -0.4 is 11.1 Å². The molecule has 0 aromatic rings. The number of likely N-dealkylation sites (tertiary alicyclic amines) is 1. The Bertz CT molecular complexity index is 325. The summed E-state index contributed by atoms with van der Waals surface area (Å²) >= 11 is 1.65. The normalized spacial score (nSPS) is 24.3. The number of rotatable bonds is 6. The van der Waals surface area contributed by atoms with Crippen LogP contribution in [-0.4, -0.2) is 53.4 Å². The topological polar surface area (TPSA) is 75.4 Å². The van der Waals surface area contributed by atoms with Crippen LogP contribution in [0.4, 0.5) is 0 Å². The van der Waals surface area contributed by atoms with E-state index in [0.29, 0.717) is 19.5 Å². The molecule has 1 fully saturated rings. The van der Waals surface area contributed by atoms with Gasteiger partial charge in [0, 0.05) is 18.3 Å². The molecule has 0 spiro atoms. The molecule has 1 saturated heterocycles. The Kier molecular flexibility index (Phi) is 6.65. The molecule has 6 heteroatoms. The third-order valence-electron chi connectivity index (χ3n) is 3.50. The van der Waals surface area contributed by atoms with Crippen LogP contribution in [-0.2, 0) is 9.59 Å². The molecular formula is C13H25N3O2S. The highest BCUT2D eigenvalue weighted by molar-refractivity contribution is 7.99. The van der Waals surface area contributed by atoms with E-state index in [2.05, 4.69) is 5.32 Å². The fraction of sp³-hybridized carbons (Fsp3) is 0.846. The molecule has 1 aliphatic rings. The first-order valence-corrected chi connectivity index (χ1v) is 8.22. The van der Waals surface area contributed by atoms with Crippen molar-refractivity contribution >= 4 is 23.6 Å². The van der Waals surface area contributed by atoms with Gasteiger partial charge in [0.2, 0.25) is 11.8 Å². The van der Waals surface area contributed by atoms with Gasteiger partial charge in [0.15, 0.2) is 0 Å². The molecule has 0 aromatic heterocycles. The van der Waals surface area contributed by atoms with Crippen molar-refractivity contribution < 1.29 is 9.59 Å². The van der Waals surface area contributed by atoms with E-state index in [1.807, 2.05) is 20.1 Å². The van der Waals surface area contributed by atoms with Crippen LogP contribution in [0.5, 0.6) is 0 Å². The zero-order valence-electron chi connectivity index (χ0n) is 12.0. The minimum absolute atomic E-state index is 0.0460. The van der Waals surface area contributed by atoms with Crippen molar-refractivity contribution in [1.29, 1.82) is 0 Å². The van der Waals surface area contributed by atoms with Gasteiger partial charge < -0.3 is 16.0 Å². The fourth-order valence-electron chi connectivity index (χ4n) is 2.31. The van der Waals surface area contributed by atoms with Gasteiger partial charge in [-0.2, -0.15) is 11.8 Å². The third kappa shape index (κ3) is 3.86. The van der Waals surface area contributed by atoms with Gasteiger partial charge in [-0.1, -0.05) is 13.8 Å². The van der Waals surface area contributed by atoms with Gasteiger partial charge >= 0.3 is 0 Å². The number of carbonyl (C=O) groups is 2. The molecule has 1 unspecified atom stereocenters. The molecule has 0 bridgehead atoms. The molecule has 0 aliphatic carbocycles. The molecule has 2 amide bonds. The Hall–Kier alpha value is -0.750. The molecule has 3 atom stereocenters. The molecule has 0 aromatic carbocycles. The summed E-state index contributed by atoms with van der Waals surface area (Å²) < 4.78 is 0. The predicted octanol–water partition coefficient (Wildman–Crippen LogP) is 0.582. The summed E-state index contributed by atoms with van der Waals surface area (Å²) in [7, 11) is 0. The Balaban J connectivity index is 2.79. The molecule has 1 heterocycles. The first kappa shape index (κ1) is 16.3. The zero-order chi connectivity index (χ0) is 14.4. The van der Waals surface area contributed by atoms with E-state index in [9.17, 15) is 9.59 Å². The maximum atomic E-state index is 12.2. The highest BCUT2D eigenvalue weighted by Gasteiger charge is 2.42. The van der Waals surface area contributed by atoms with E-state index >= 15 is 0 Å². The first-order valence-electron chi connectivity index (χ1n) is 6.93. The minimum atomic E-state index is -0.498. The van der Waals surface area contributed by atoms with Crippen molar-refractivity contribution in [1.82, 2.24) is 10.2 Å². The molecular weight excluding hydrogens is 262 g/mol. The van der Waals surface area contributed by atoms with Gasteiger partial charge in [0.1, 0.15) is 6.04 Å². The maximum absolute atomic E-state index is 12.2. The van der Waals surface area contributed by atoms with E-state index < -0.39 is 6.04 Å². The average molecular weight is 287 g/mol. The second-order valence-corrected chi connectivity index (χ2v) is 5.92. The number of hydrogen-bond acceptors (Lipinski definition) is 4. The van der Waals surface area contributed by atoms with Crippen LogP contribution in [0.2, 0.25) is 0 Å².